The van der Waals surface area contributed by atoms with Gasteiger partial charge in [0.1, 0.15) is 11.9 Å². The average molecular weight is 368 g/mol. The molecule has 0 aromatic carbocycles. The van der Waals surface area contributed by atoms with E-state index in [1.807, 2.05) is 26.1 Å². The van der Waals surface area contributed by atoms with E-state index in [4.69, 9.17) is 5.26 Å². The smallest absolute Gasteiger partial charge is 0.320 e. The molecule has 0 aliphatic carbocycles. The Hall–Kier alpha value is -3.12. The van der Waals surface area contributed by atoms with E-state index < -0.39 is 0 Å². The van der Waals surface area contributed by atoms with Crippen LogP contribution in [0.4, 0.5) is 16.4 Å². The van der Waals surface area contributed by atoms with Crippen LogP contribution in [0, 0.1) is 11.3 Å². The van der Waals surface area contributed by atoms with Crippen molar-refractivity contribution in [3.8, 4) is 6.07 Å². The van der Waals surface area contributed by atoms with Crippen LogP contribution in [0.15, 0.2) is 24.4 Å². The summed E-state index contributed by atoms with van der Waals surface area (Å²) < 4.78 is 1.80. The Labute approximate surface area is 158 Å². The van der Waals surface area contributed by atoms with Crippen LogP contribution >= 0.6 is 0 Å². The molecule has 27 heavy (non-hydrogen) atoms. The van der Waals surface area contributed by atoms with Gasteiger partial charge in [0.15, 0.2) is 5.82 Å². The third-order valence-corrected chi connectivity index (χ3v) is 4.51. The highest BCUT2D eigenvalue weighted by molar-refractivity contribution is 5.88. The van der Waals surface area contributed by atoms with Gasteiger partial charge in [0.05, 0.1) is 11.3 Å². The molecule has 1 saturated heterocycles. The summed E-state index contributed by atoms with van der Waals surface area (Å²) >= 11 is 0. The molecule has 0 atom stereocenters. The Morgan fingerprint density at radius 3 is 2.70 bits per heavy atom. The first kappa shape index (κ1) is 18.7. The molecule has 1 aliphatic heterocycles. The molecule has 9 nitrogen and oxygen atoms in total. The molecule has 0 spiro atoms. The largest absolute Gasteiger partial charge is 0.354 e. The van der Waals surface area contributed by atoms with E-state index >= 15 is 0 Å². The van der Waals surface area contributed by atoms with Crippen molar-refractivity contribution in [3.05, 3.63) is 35.7 Å². The molecule has 2 amide bonds. The fourth-order valence-corrected chi connectivity index (χ4v) is 3.04. The van der Waals surface area contributed by atoms with Gasteiger partial charge in [-0.25, -0.2) is 9.78 Å². The number of hydrogen-bond donors (Lipinski definition) is 2. The molecule has 0 radical (unpaired) electrons. The number of piperazine rings is 1. The Bertz CT molecular complexity index is 815. The van der Waals surface area contributed by atoms with Gasteiger partial charge in [0.2, 0.25) is 0 Å². The number of carbonyl (C=O) groups is 1. The molecule has 1 aliphatic rings. The predicted octanol–water partition coefficient (Wildman–Crippen LogP) is 1.15. The molecule has 1 fully saturated rings. The monoisotopic (exact) mass is 368 g/mol. The van der Waals surface area contributed by atoms with Gasteiger partial charge in [-0.05, 0) is 19.1 Å². The second-order valence-corrected chi connectivity index (χ2v) is 6.41. The highest BCUT2D eigenvalue weighted by Crippen LogP contribution is 2.16. The molecule has 2 aromatic rings. The summed E-state index contributed by atoms with van der Waals surface area (Å²) in [5, 5.41) is 18.6. The number of nitriles is 1. The normalized spacial score (nSPS) is 14.6. The first-order valence-corrected chi connectivity index (χ1v) is 9.00. The van der Waals surface area contributed by atoms with E-state index in [0.29, 0.717) is 17.9 Å². The van der Waals surface area contributed by atoms with E-state index in [2.05, 4.69) is 36.6 Å². The summed E-state index contributed by atoms with van der Waals surface area (Å²) in [6, 6.07) is 7.45. The number of nitrogens with zero attached hydrogens (tertiary/aromatic N) is 6. The first-order valence-electron chi connectivity index (χ1n) is 9.00. The van der Waals surface area contributed by atoms with Crippen molar-refractivity contribution in [2.75, 3.05) is 42.9 Å². The number of amides is 2. The van der Waals surface area contributed by atoms with Crippen molar-refractivity contribution < 1.29 is 4.79 Å². The lowest BCUT2D eigenvalue weighted by Crippen LogP contribution is -2.46. The molecule has 9 heteroatoms. The average Bonchev–Trinajstić information content (AvgIpc) is 3.01. The van der Waals surface area contributed by atoms with Crippen LogP contribution in [0.5, 0.6) is 0 Å². The lowest BCUT2D eigenvalue weighted by atomic mass is 10.2. The minimum Gasteiger partial charge on any atom is -0.354 e. The van der Waals surface area contributed by atoms with Gasteiger partial charge in [-0.1, -0.05) is 0 Å². The summed E-state index contributed by atoms with van der Waals surface area (Å²) in [6.45, 7) is 6.79. The van der Waals surface area contributed by atoms with Crippen molar-refractivity contribution in [2.24, 2.45) is 7.05 Å². The van der Waals surface area contributed by atoms with Gasteiger partial charge in [-0.15, -0.1) is 0 Å². The number of urea groups is 1. The molecule has 3 heterocycles. The number of pyridine rings is 1. The molecule has 0 unspecified atom stereocenters. The quantitative estimate of drug-likeness (QED) is 0.821. The van der Waals surface area contributed by atoms with Gasteiger partial charge in [0, 0.05) is 58.6 Å². The maximum Gasteiger partial charge on any atom is 0.320 e. The van der Waals surface area contributed by atoms with E-state index in [-0.39, 0.29) is 6.03 Å². The number of nitrogens with one attached hydrogen (secondary N) is 2. The second kappa shape index (κ2) is 8.51. The van der Waals surface area contributed by atoms with Gasteiger partial charge in [0.25, 0.3) is 0 Å². The highest BCUT2D eigenvalue weighted by atomic mass is 16.2. The van der Waals surface area contributed by atoms with Crippen molar-refractivity contribution in [1.82, 2.24) is 25.0 Å². The van der Waals surface area contributed by atoms with Crippen molar-refractivity contribution >= 4 is 17.7 Å². The SMILES string of the molecule is CCNC(=O)Nc1cc(CN2CCN(c3ccc(C#N)cn3)CC2)n(C)n1. The number of aryl methyl sites for hydroxylation is 1. The summed E-state index contributed by atoms with van der Waals surface area (Å²) in [7, 11) is 1.88. The maximum atomic E-state index is 11.6. The van der Waals surface area contributed by atoms with E-state index in [1.165, 1.54) is 0 Å². The fraction of sp³-hybridized carbons (Fsp3) is 0.444. The Kier molecular flexibility index (Phi) is 5.88. The van der Waals surface area contributed by atoms with Crippen LogP contribution in [0.1, 0.15) is 18.2 Å². The third-order valence-electron chi connectivity index (χ3n) is 4.51. The Morgan fingerprint density at radius 2 is 2.07 bits per heavy atom. The van der Waals surface area contributed by atoms with Crippen LogP contribution in [-0.2, 0) is 13.6 Å². The standard InChI is InChI=1S/C18H24N8O/c1-3-20-18(27)22-16-10-15(24(2)23-16)13-25-6-8-26(9-7-25)17-5-4-14(11-19)12-21-17/h4-5,10,12H,3,6-9,13H2,1-2H3,(H2,20,22,23,27). The number of anilines is 2. The molecule has 0 bridgehead atoms. The van der Waals surface area contributed by atoms with Crippen LogP contribution in [-0.4, -0.2) is 58.4 Å². The molecular formula is C18H24N8O. The highest BCUT2D eigenvalue weighted by Gasteiger charge is 2.19. The molecular weight excluding hydrogens is 344 g/mol. The predicted molar refractivity (Wildman–Crippen MR) is 102 cm³/mol. The van der Waals surface area contributed by atoms with Gasteiger partial charge in [-0.3, -0.25) is 14.9 Å². The van der Waals surface area contributed by atoms with Crippen LogP contribution in [0.2, 0.25) is 0 Å². The zero-order valence-corrected chi connectivity index (χ0v) is 15.6. The first-order chi connectivity index (χ1) is 13.1. The van der Waals surface area contributed by atoms with E-state index in [1.54, 1.807) is 16.9 Å². The second-order valence-electron chi connectivity index (χ2n) is 6.41. The molecule has 0 saturated carbocycles. The zero-order chi connectivity index (χ0) is 19.2. The minimum absolute atomic E-state index is 0.245. The lowest BCUT2D eigenvalue weighted by molar-refractivity contribution is 0.243. The Morgan fingerprint density at radius 1 is 1.30 bits per heavy atom. The lowest BCUT2D eigenvalue weighted by Gasteiger charge is -2.35. The summed E-state index contributed by atoms with van der Waals surface area (Å²) in [6.07, 6.45) is 1.61. The van der Waals surface area contributed by atoms with Crippen molar-refractivity contribution in [1.29, 1.82) is 5.26 Å². The zero-order valence-electron chi connectivity index (χ0n) is 15.6. The summed E-state index contributed by atoms with van der Waals surface area (Å²) in [5.41, 5.74) is 1.62. The van der Waals surface area contributed by atoms with E-state index in [0.717, 1.165) is 44.2 Å². The summed E-state index contributed by atoms with van der Waals surface area (Å²) in [5.74, 6) is 1.46. The van der Waals surface area contributed by atoms with Crippen LogP contribution in [0.25, 0.3) is 0 Å². The van der Waals surface area contributed by atoms with Gasteiger partial charge < -0.3 is 10.2 Å². The fourth-order valence-electron chi connectivity index (χ4n) is 3.04. The summed E-state index contributed by atoms with van der Waals surface area (Å²) in [4.78, 5) is 20.6. The molecule has 2 N–H and O–H groups in total. The minimum atomic E-state index is -0.245. The number of rotatable bonds is 5. The van der Waals surface area contributed by atoms with E-state index in [9.17, 15) is 4.79 Å². The molecule has 142 valence electrons. The Balaban J connectivity index is 1.53. The van der Waals surface area contributed by atoms with Gasteiger partial charge >= 0.3 is 6.03 Å². The van der Waals surface area contributed by atoms with Gasteiger partial charge in [-0.2, -0.15) is 10.4 Å². The maximum absolute atomic E-state index is 11.6. The topological polar surface area (TPSA) is 102 Å². The van der Waals surface area contributed by atoms with Crippen LogP contribution in [0.3, 0.4) is 0 Å². The molecule has 2 aromatic heterocycles. The number of aromatic nitrogens is 3. The van der Waals surface area contributed by atoms with Crippen LogP contribution < -0.4 is 15.5 Å². The van der Waals surface area contributed by atoms with Crippen molar-refractivity contribution in [2.45, 2.75) is 13.5 Å². The number of carbonyl (C=O) groups excluding carboxylic acids is 1. The molecule has 3 rings (SSSR count). The van der Waals surface area contributed by atoms with Crippen molar-refractivity contribution in [3.63, 3.8) is 0 Å². The third kappa shape index (κ3) is 4.74. The number of hydrogen-bond acceptors (Lipinski definition) is 6.